The molecule has 0 saturated carbocycles. The number of amides is 1. The molecule has 106 valence electrons. The van der Waals surface area contributed by atoms with Crippen molar-refractivity contribution in [1.29, 1.82) is 0 Å². The van der Waals surface area contributed by atoms with Gasteiger partial charge in [-0.05, 0) is 26.0 Å². The number of phenolic OH excluding ortho intramolecular Hbond substituents is 1. The Kier molecular flexibility index (Phi) is 4.54. The molecule has 9 heteroatoms. The highest BCUT2D eigenvalue weighted by Gasteiger charge is 2.18. The van der Waals surface area contributed by atoms with Crippen molar-refractivity contribution in [3.8, 4) is 5.75 Å². The van der Waals surface area contributed by atoms with Gasteiger partial charge < -0.3 is 9.84 Å². The van der Waals surface area contributed by atoms with Gasteiger partial charge >= 0.3 is 16.3 Å². The first-order chi connectivity index (χ1) is 8.69. The molecule has 7 nitrogen and oxygen atoms in total. The van der Waals surface area contributed by atoms with Gasteiger partial charge in [-0.2, -0.15) is 8.42 Å². The maximum absolute atomic E-state index is 12.9. The molecule has 0 heterocycles. The van der Waals surface area contributed by atoms with E-state index in [4.69, 9.17) is 0 Å². The molecule has 0 spiro atoms. The Hall–Kier alpha value is -2.03. The standard InChI is InChI=1S/C10H13FN2O5S/c1-6(2)18-10(15)13-19(16,17)12-8-5-7(11)3-4-9(8)14/h3-6,12,14H,1-2H3,(H,13,15). The van der Waals surface area contributed by atoms with Crippen molar-refractivity contribution < 1.29 is 27.4 Å². The zero-order valence-corrected chi connectivity index (χ0v) is 11.0. The minimum absolute atomic E-state index is 0.398. The lowest BCUT2D eigenvalue weighted by Gasteiger charge is -2.12. The molecule has 0 aliphatic rings. The number of carbonyl (C=O) groups is 1. The van der Waals surface area contributed by atoms with E-state index in [9.17, 15) is 22.7 Å². The summed E-state index contributed by atoms with van der Waals surface area (Å²) in [6.45, 7) is 3.08. The molecule has 0 bridgehead atoms. The van der Waals surface area contributed by atoms with Crippen LogP contribution in [0.1, 0.15) is 13.8 Å². The smallest absolute Gasteiger partial charge is 0.422 e. The molecule has 1 aromatic carbocycles. The number of phenols is 1. The number of anilines is 1. The molecule has 0 saturated heterocycles. The first kappa shape index (κ1) is 15.0. The third-order valence-corrected chi connectivity index (χ3v) is 2.69. The van der Waals surface area contributed by atoms with Crippen molar-refractivity contribution in [2.24, 2.45) is 0 Å². The lowest BCUT2D eigenvalue weighted by molar-refractivity contribution is 0.121. The van der Waals surface area contributed by atoms with E-state index in [2.05, 4.69) is 4.74 Å². The van der Waals surface area contributed by atoms with Crippen molar-refractivity contribution in [1.82, 2.24) is 4.72 Å². The summed E-state index contributed by atoms with van der Waals surface area (Å²) in [6.07, 6.45) is -1.68. The molecule has 0 aliphatic carbocycles. The molecular formula is C10H13FN2O5S. The summed E-state index contributed by atoms with van der Waals surface area (Å²) in [5, 5.41) is 9.34. The van der Waals surface area contributed by atoms with Crippen molar-refractivity contribution in [3.05, 3.63) is 24.0 Å². The number of rotatable bonds is 4. The maximum atomic E-state index is 12.9. The van der Waals surface area contributed by atoms with E-state index >= 15 is 0 Å². The molecule has 0 fully saturated rings. The molecule has 3 N–H and O–H groups in total. The monoisotopic (exact) mass is 292 g/mol. The average Bonchev–Trinajstić information content (AvgIpc) is 2.20. The number of carbonyl (C=O) groups excluding carboxylic acids is 1. The molecular weight excluding hydrogens is 279 g/mol. The van der Waals surface area contributed by atoms with Gasteiger partial charge in [0.1, 0.15) is 11.6 Å². The minimum Gasteiger partial charge on any atom is -0.506 e. The van der Waals surface area contributed by atoms with Crippen LogP contribution in [0.5, 0.6) is 5.75 Å². The molecule has 0 radical (unpaired) electrons. The van der Waals surface area contributed by atoms with E-state index in [0.717, 1.165) is 18.2 Å². The van der Waals surface area contributed by atoms with E-state index in [1.54, 1.807) is 9.44 Å². The van der Waals surface area contributed by atoms with Crippen LogP contribution in [0.15, 0.2) is 18.2 Å². The van der Waals surface area contributed by atoms with Gasteiger partial charge in [-0.15, -0.1) is 0 Å². The van der Waals surface area contributed by atoms with E-state index in [-0.39, 0.29) is 0 Å². The van der Waals surface area contributed by atoms with Gasteiger partial charge in [0.05, 0.1) is 11.8 Å². The van der Waals surface area contributed by atoms with Gasteiger partial charge in [-0.3, -0.25) is 4.72 Å². The quantitative estimate of drug-likeness (QED) is 0.726. The molecule has 0 aliphatic heterocycles. The zero-order chi connectivity index (χ0) is 14.6. The number of halogens is 1. The highest BCUT2D eigenvalue weighted by Crippen LogP contribution is 2.24. The third-order valence-electron chi connectivity index (χ3n) is 1.76. The SMILES string of the molecule is CC(C)OC(=O)NS(=O)(=O)Nc1cc(F)ccc1O. The summed E-state index contributed by atoms with van der Waals surface area (Å²) in [7, 11) is -4.32. The van der Waals surface area contributed by atoms with Crippen LogP contribution in [0, 0.1) is 5.82 Å². The number of ether oxygens (including phenoxy) is 1. The predicted octanol–water partition coefficient (Wildman–Crippen LogP) is 1.32. The number of nitrogens with one attached hydrogen (secondary N) is 2. The maximum Gasteiger partial charge on any atom is 0.422 e. The van der Waals surface area contributed by atoms with Gasteiger partial charge in [-0.25, -0.2) is 13.9 Å². The number of aromatic hydroxyl groups is 1. The van der Waals surface area contributed by atoms with Gasteiger partial charge in [0, 0.05) is 6.07 Å². The second-order valence-electron chi connectivity index (χ2n) is 3.82. The van der Waals surface area contributed by atoms with Gasteiger partial charge in [0.15, 0.2) is 0 Å². The highest BCUT2D eigenvalue weighted by molar-refractivity contribution is 7.91. The fourth-order valence-corrected chi connectivity index (χ4v) is 1.88. The van der Waals surface area contributed by atoms with Crippen molar-refractivity contribution >= 4 is 22.0 Å². The average molecular weight is 292 g/mol. The molecule has 1 rings (SSSR count). The molecule has 0 unspecified atom stereocenters. The highest BCUT2D eigenvalue weighted by atomic mass is 32.2. The van der Waals surface area contributed by atoms with Crippen LogP contribution >= 0.6 is 0 Å². The second-order valence-corrected chi connectivity index (χ2v) is 5.24. The predicted molar refractivity (Wildman–Crippen MR) is 65.4 cm³/mol. The Morgan fingerprint density at radius 1 is 1.42 bits per heavy atom. The van der Waals surface area contributed by atoms with Crippen LogP contribution in [-0.4, -0.2) is 25.7 Å². The molecule has 0 atom stereocenters. The Morgan fingerprint density at radius 3 is 2.63 bits per heavy atom. The number of hydrogen-bond donors (Lipinski definition) is 3. The van der Waals surface area contributed by atoms with E-state index < -0.39 is 39.7 Å². The first-order valence-electron chi connectivity index (χ1n) is 5.19. The van der Waals surface area contributed by atoms with Crippen LogP contribution < -0.4 is 9.44 Å². The Bertz CT molecular complexity index is 573. The minimum atomic E-state index is -4.32. The van der Waals surface area contributed by atoms with Gasteiger partial charge in [0.2, 0.25) is 0 Å². The third kappa shape index (κ3) is 5.00. The van der Waals surface area contributed by atoms with Crippen LogP contribution in [0.25, 0.3) is 0 Å². The zero-order valence-electron chi connectivity index (χ0n) is 10.2. The van der Waals surface area contributed by atoms with E-state index in [1.807, 2.05) is 0 Å². The first-order valence-corrected chi connectivity index (χ1v) is 6.67. The van der Waals surface area contributed by atoms with E-state index in [1.165, 1.54) is 13.8 Å². The summed E-state index contributed by atoms with van der Waals surface area (Å²) in [5.74, 6) is -1.23. The summed E-state index contributed by atoms with van der Waals surface area (Å²) >= 11 is 0. The van der Waals surface area contributed by atoms with Gasteiger partial charge in [0.25, 0.3) is 0 Å². The lowest BCUT2D eigenvalue weighted by atomic mass is 10.3. The Morgan fingerprint density at radius 2 is 2.05 bits per heavy atom. The summed E-state index contributed by atoms with van der Waals surface area (Å²) in [6, 6.07) is 2.69. The summed E-state index contributed by atoms with van der Waals surface area (Å²) < 4.78 is 43.8. The Balaban J connectivity index is 2.80. The van der Waals surface area contributed by atoms with Crippen LogP contribution in [0.4, 0.5) is 14.9 Å². The lowest BCUT2D eigenvalue weighted by Crippen LogP contribution is -2.36. The van der Waals surface area contributed by atoms with Crippen molar-refractivity contribution in [3.63, 3.8) is 0 Å². The molecule has 19 heavy (non-hydrogen) atoms. The van der Waals surface area contributed by atoms with Gasteiger partial charge in [-0.1, -0.05) is 0 Å². The fourth-order valence-electron chi connectivity index (χ4n) is 1.11. The summed E-state index contributed by atoms with van der Waals surface area (Å²) in [4.78, 5) is 11.1. The topological polar surface area (TPSA) is 105 Å². The Labute approximate surface area is 109 Å². The van der Waals surface area contributed by atoms with Crippen LogP contribution in [0.2, 0.25) is 0 Å². The second kappa shape index (κ2) is 5.74. The fraction of sp³-hybridized carbons (Fsp3) is 0.300. The van der Waals surface area contributed by atoms with E-state index in [0.29, 0.717) is 0 Å². The number of benzene rings is 1. The summed E-state index contributed by atoms with van der Waals surface area (Å²) in [5.41, 5.74) is -0.398. The van der Waals surface area contributed by atoms with Crippen molar-refractivity contribution in [2.45, 2.75) is 20.0 Å². The van der Waals surface area contributed by atoms with Crippen molar-refractivity contribution in [2.75, 3.05) is 4.72 Å². The largest absolute Gasteiger partial charge is 0.506 e. The van der Waals surface area contributed by atoms with Crippen LogP contribution in [0.3, 0.4) is 0 Å². The normalized spacial score (nSPS) is 11.2. The van der Waals surface area contributed by atoms with Crippen LogP contribution in [-0.2, 0) is 14.9 Å². The number of hydrogen-bond acceptors (Lipinski definition) is 5. The molecule has 1 amide bonds. The molecule has 1 aromatic rings. The molecule has 0 aromatic heterocycles.